The maximum Gasteiger partial charge on any atom is 0.234 e. The quantitative estimate of drug-likeness (QED) is 0.792. The van der Waals surface area contributed by atoms with Crippen LogP contribution in [0.15, 0.2) is 24.3 Å². The third kappa shape index (κ3) is 5.51. The van der Waals surface area contributed by atoms with E-state index in [4.69, 9.17) is 11.6 Å². The molecule has 0 bridgehead atoms. The van der Waals surface area contributed by atoms with Gasteiger partial charge in [-0.2, -0.15) is 0 Å². The summed E-state index contributed by atoms with van der Waals surface area (Å²) in [5.41, 5.74) is 1.19. The standard InChI is InChI=1S/C16H23ClN2O/c17-14-6-4-5-13(11-14)9-10-18-12-16(20)19-15-7-2-1-3-8-15/h4-6,11,15,18H,1-3,7-10,12H2,(H,19,20). The third-order valence-electron chi connectivity index (χ3n) is 3.74. The molecule has 1 saturated carbocycles. The summed E-state index contributed by atoms with van der Waals surface area (Å²) in [6.07, 6.45) is 6.95. The van der Waals surface area contributed by atoms with E-state index in [2.05, 4.69) is 16.7 Å². The van der Waals surface area contributed by atoms with Crippen molar-refractivity contribution in [2.24, 2.45) is 0 Å². The Hall–Kier alpha value is -1.06. The number of halogens is 1. The molecule has 1 fully saturated rings. The van der Waals surface area contributed by atoms with Crippen molar-refractivity contribution < 1.29 is 4.79 Å². The largest absolute Gasteiger partial charge is 0.352 e. The van der Waals surface area contributed by atoms with Gasteiger partial charge in [0.1, 0.15) is 0 Å². The first-order valence-corrected chi connectivity index (χ1v) is 7.86. The van der Waals surface area contributed by atoms with Crippen molar-refractivity contribution in [3.63, 3.8) is 0 Å². The first-order valence-electron chi connectivity index (χ1n) is 7.48. The van der Waals surface area contributed by atoms with Crippen LogP contribution in [0.2, 0.25) is 5.02 Å². The highest BCUT2D eigenvalue weighted by atomic mass is 35.5. The summed E-state index contributed by atoms with van der Waals surface area (Å²) < 4.78 is 0. The van der Waals surface area contributed by atoms with Gasteiger partial charge in [-0.25, -0.2) is 0 Å². The van der Waals surface area contributed by atoms with Crippen molar-refractivity contribution in [1.82, 2.24) is 10.6 Å². The summed E-state index contributed by atoms with van der Waals surface area (Å²) in [5.74, 6) is 0.114. The van der Waals surface area contributed by atoms with E-state index in [1.165, 1.54) is 24.8 Å². The second kappa shape index (κ2) is 8.28. The fourth-order valence-corrected chi connectivity index (χ4v) is 2.87. The minimum absolute atomic E-state index is 0.114. The fourth-order valence-electron chi connectivity index (χ4n) is 2.65. The molecule has 1 aromatic carbocycles. The zero-order chi connectivity index (χ0) is 14.2. The van der Waals surface area contributed by atoms with Crippen LogP contribution in [0.4, 0.5) is 0 Å². The summed E-state index contributed by atoms with van der Waals surface area (Å²) in [5, 5.41) is 7.05. The molecule has 0 aromatic heterocycles. The maximum atomic E-state index is 11.8. The lowest BCUT2D eigenvalue weighted by molar-refractivity contribution is -0.121. The molecule has 110 valence electrons. The van der Waals surface area contributed by atoms with Crippen molar-refractivity contribution in [2.75, 3.05) is 13.1 Å². The van der Waals surface area contributed by atoms with Crippen LogP contribution in [0.3, 0.4) is 0 Å². The topological polar surface area (TPSA) is 41.1 Å². The van der Waals surface area contributed by atoms with Crippen LogP contribution < -0.4 is 10.6 Å². The van der Waals surface area contributed by atoms with Gasteiger partial charge in [-0.05, 0) is 43.5 Å². The molecular weight excluding hydrogens is 272 g/mol. The van der Waals surface area contributed by atoms with Gasteiger partial charge in [-0.3, -0.25) is 4.79 Å². The van der Waals surface area contributed by atoms with Crippen LogP contribution in [-0.4, -0.2) is 25.0 Å². The molecule has 0 heterocycles. The van der Waals surface area contributed by atoms with Crippen LogP contribution in [0.5, 0.6) is 0 Å². The van der Waals surface area contributed by atoms with Crippen molar-refractivity contribution in [1.29, 1.82) is 0 Å². The second-order valence-electron chi connectivity index (χ2n) is 5.46. The number of benzene rings is 1. The molecule has 0 spiro atoms. The van der Waals surface area contributed by atoms with E-state index < -0.39 is 0 Å². The normalized spacial score (nSPS) is 16.1. The molecular formula is C16H23ClN2O. The van der Waals surface area contributed by atoms with E-state index in [0.717, 1.165) is 30.8 Å². The Morgan fingerprint density at radius 2 is 2.05 bits per heavy atom. The number of amides is 1. The Kier molecular flexibility index (Phi) is 6.34. The average molecular weight is 295 g/mol. The zero-order valence-corrected chi connectivity index (χ0v) is 12.6. The van der Waals surface area contributed by atoms with E-state index >= 15 is 0 Å². The smallest absolute Gasteiger partial charge is 0.234 e. The minimum Gasteiger partial charge on any atom is -0.352 e. The molecule has 1 amide bonds. The van der Waals surface area contributed by atoms with Gasteiger partial charge in [0, 0.05) is 11.1 Å². The lowest BCUT2D eigenvalue weighted by Gasteiger charge is -2.22. The monoisotopic (exact) mass is 294 g/mol. The van der Waals surface area contributed by atoms with Gasteiger partial charge in [0.15, 0.2) is 0 Å². The van der Waals surface area contributed by atoms with Crippen molar-refractivity contribution in [3.05, 3.63) is 34.9 Å². The second-order valence-corrected chi connectivity index (χ2v) is 5.90. The Morgan fingerprint density at radius 1 is 1.25 bits per heavy atom. The van der Waals surface area contributed by atoms with Gasteiger partial charge in [0.25, 0.3) is 0 Å². The summed E-state index contributed by atoms with van der Waals surface area (Å²) in [4.78, 5) is 11.8. The summed E-state index contributed by atoms with van der Waals surface area (Å²) in [7, 11) is 0. The number of carbonyl (C=O) groups is 1. The van der Waals surface area contributed by atoms with Crippen LogP contribution in [0, 0.1) is 0 Å². The van der Waals surface area contributed by atoms with Gasteiger partial charge >= 0.3 is 0 Å². The number of rotatable bonds is 6. The molecule has 0 atom stereocenters. The van der Waals surface area contributed by atoms with Gasteiger partial charge in [0.05, 0.1) is 6.54 Å². The SMILES string of the molecule is O=C(CNCCc1cccc(Cl)c1)NC1CCCCC1. The summed E-state index contributed by atoms with van der Waals surface area (Å²) >= 11 is 5.93. The van der Waals surface area contributed by atoms with E-state index in [9.17, 15) is 4.79 Å². The Bertz CT molecular complexity index is 430. The average Bonchev–Trinajstić information content (AvgIpc) is 2.45. The predicted molar refractivity (Wildman–Crippen MR) is 83.0 cm³/mol. The Balaban J connectivity index is 1.59. The van der Waals surface area contributed by atoms with Crippen molar-refractivity contribution in [3.8, 4) is 0 Å². The highest BCUT2D eigenvalue weighted by Crippen LogP contribution is 2.17. The van der Waals surface area contributed by atoms with Gasteiger partial charge in [-0.1, -0.05) is 43.0 Å². The first kappa shape index (κ1) is 15.3. The minimum atomic E-state index is 0.114. The lowest BCUT2D eigenvalue weighted by atomic mass is 9.95. The summed E-state index contributed by atoms with van der Waals surface area (Å²) in [6, 6.07) is 8.23. The Morgan fingerprint density at radius 3 is 2.80 bits per heavy atom. The fraction of sp³-hybridized carbons (Fsp3) is 0.562. The van der Waals surface area contributed by atoms with E-state index in [1.807, 2.05) is 18.2 Å². The number of nitrogens with one attached hydrogen (secondary N) is 2. The predicted octanol–water partition coefficient (Wildman–Crippen LogP) is 2.92. The molecule has 20 heavy (non-hydrogen) atoms. The summed E-state index contributed by atoms with van der Waals surface area (Å²) in [6.45, 7) is 1.19. The van der Waals surface area contributed by atoms with E-state index in [-0.39, 0.29) is 5.91 Å². The molecule has 1 aliphatic carbocycles. The molecule has 2 rings (SSSR count). The third-order valence-corrected chi connectivity index (χ3v) is 3.97. The van der Waals surface area contributed by atoms with Crippen LogP contribution in [0.1, 0.15) is 37.7 Å². The zero-order valence-electron chi connectivity index (χ0n) is 11.8. The van der Waals surface area contributed by atoms with E-state index in [1.54, 1.807) is 0 Å². The molecule has 0 radical (unpaired) electrons. The first-order chi connectivity index (χ1) is 9.74. The number of hydrogen-bond donors (Lipinski definition) is 2. The van der Waals surface area contributed by atoms with Gasteiger partial charge in [0.2, 0.25) is 5.91 Å². The molecule has 4 heteroatoms. The molecule has 2 N–H and O–H groups in total. The molecule has 1 aliphatic rings. The van der Waals surface area contributed by atoms with Crippen molar-refractivity contribution >= 4 is 17.5 Å². The van der Waals surface area contributed by atoms with E-state index in [0.29, 0.717) is 12.6 Å². The highest BCUT2D eigenvalue weighted by Gasteiger charge is 2.14. The van der Waals surface area contributed by atoms with Crippen molar-refractivity contribution in [2.45, 2.75) is 44.6 Å². The van der Waals surface area contributed by atoms with Gasteiger partial charge < -0.3 is 10.6 Å². The maximum absolute atomic E-state index is 11.8. The molecule has 0 saturated heterocycles. The van der Waals surface area contributed by atoms with Crippen LogP contribution in [-0.2, 0) is 11.2 Å². The Labute approximate surface area is 126 Å². The highest BCUT2D eigenvalue weighted by molar-refractivity contribution is 6.30. The number of hydrogen-bond acceptors (Lipinski definition) is 2. The van der Waals surface area contributed by atoms with Gasteiger partial charge in [-0.15, -0.1) is 0 Å². The molecule has 1 aromatic rings. The van der Waals surface area contributed by atoms with Crippen LogP contribution >= 0.6 is 11.6 Å². The number of carbonyl (C=O) groups excluding carboxylic acids is 1. The molecule has 0 unspecified atom stereocenters. The molecule has 0 aliphatic heterocycles. The molecule has 3 nitrogen and oxygen atoms in total. The lowest BCUT2D eigenvalue weighted by Crippen LogP contribution is -2.41. The van der Waals surface area contributed by atoms with Crippen LogP contribution in [0.25, 0.3) is 0 Å².